The fourth-order valence-corrected chi connectivity index (χ4v) is 2.55. The van der Waals surface area contributed by atoms with Crippen LogP contribution in [0.4, 0.5) is 0 Å². The molecular weight excluding hydrogens is 278 g/mol. The maximum Gasteiger partial charge on any atom is 0.308 e. The van der Waals surface area contributed by atoms with Gasteiger partial charge in [-0.2, -0.15) is 0 Å². The number of nitrogens with zero attached hydrogens (tertiary/aromatic N) is 1. The summed E-state index contributed by atoms with van der Waals surface area (Å²) in [7, 11) is 0. The summed E-state index contributed by atoms with van der Waals surface area (Å²) >= 11 is 5.98. The fourth-order valence-electron chi connectivity index (χ4n) is 2.31. The minimum atomic E-state index is -0.858. The number of carboxylic acid groups (broad SMARTS) is 1. The summed E-state index contributed by atoms with van der Waals surface area (Å²) in [5.74, 6) is 0.871. The van der Waals surface area contributed by atoms with Crippen LogP contribution in [0.15, 0.2) is 18.2 Å². The van der Waals surface area contributed by atoms with Crippen LogP contribution in [0.3, 0.4) is 0 Å². The highest BCUT2D eigenvalue weighted by molar-refractivity contribution is 6.32. The summed E-state index contributed by atoms with van der Waals surface area (Å²) in [6.07, 6.45) is 6.58. The molecule has 0 aliphatic carbocycles. The first-order chi connectivity index (χ1) is 9.52. The quantitative estimate of drug-likeness (QED) is 0.850. The van der Waals surface area contributed by atoms with E-state index in [1.54, 1.807) is 17.0 Å². The molecule has 0 radical (unpaired) electrons. The normalized spacial score (nSPS) is 18.4. The summed E-state index contributed by atoms with van der Waals surface area (Å²) < 4.78 is 0. The summed E-state index contributed by atoms with van der Waals surface area (Å²) in [5, 5.41) is 9.39. The lowest BCUT2D eigenvalue weighted by molar-refractivity contribution is -0.143. The predicted octanol–water partition coefficient (Wildman–Crippen LogP) is 2.26. The third-order valence-electron chi connectivity index (χ3n) is 3.43. The van der Waals surface area contributed by atoms with E-state index < -0.39 is 11.9 Å². The standard InChI is InChI=1S/C15H14ClNO3/c1-2-10-5-6-11(8-13(10)16)14(18)17-7-3-4-12(9-17)15(19)20/h1,5-6,8,12H,3-4,7,9H2,(H,19,20). The number of benzene rings is 1. The molecule has 1 aliphatic rings. The maximum atomic E-state index is 12.3. The van der Waals surface area contributed by atoms with E-state index in [0.717, 1.165) is 0 Å². The SMILES string of the molecule is C#Cc1ccc(C(=O)N2CCCC(C(=O)O)C2)cc1Cl. The van der Waals surface area contributed by atoms with Gasteiger partial charge in [-0.05, 0) is 31.0 Å². The van der Waals surface area contributed by atoms with Crippen molar-refractivity contribution in [3.05, 3.63) is 34.3 Å². The van der Waals surface area contributed by atoms with Crippen molar-refractivity contribution in [3.8, 4) is 12.3 Å². The molecule has 1 saturated heterocycles. The van der Waals surface area contributed by atoms with Crippen molar-refractivity contribution in [2.45, 2.75) is 12.8 Å². The van der Waals surface area contributed by atoms with Crippen LogP contribution in [-0.2, 0) is 4.79 Å². The van der Waals surface area contributed by atoms with Gasteiger partial charge in [0, 0.05) is 24.2 Å². The minimum Gasteiger partial charge on any atom is -0.481 e. The van der Waals surface area contributed by atoms with Gasteiger partial charge in [0.25, 0.3) is 5.91 Å². The molecule has 1 unspecified atom stereocenters. The third kappa shape index (κ3) is 2.94. The van der Waals surface area contributed by atoms with E-state index in [9.17, 15) is 9.59 Å². The molecular formula is C15H14ClNO3. The highest BCUT2D eigenvalue weighted by Crippen LogP contribution is 2.22. The number of amides is 1. The third-order valence-corrected chi connectivity index (χ3v) is 3.74. The number of halogens is 1. The average molecular weight is 292 g/mol. The van der Waals surface area contributed by atoms with Gasteiger partial charge in [0.05, 0.1) is 10.9 Å². The zero-order valence-electron chi connectivity index (χ0n) is 10.8. The zero-order valence-corrected chi connectivity index (χ0v) is 11.6. The molecule has 1 aromatic carbocycles. The molecule has 1 N–H and O–H groups in total. The highest BCUT2D eigenvalue weighted by atomic mass is 35.5. The van der Waals surface area contributed by atoms with Crippen LogP contribution in [0, 0.1) is 18.3 Å². The Labute approximate surface area is 122 Å². The van der Waals surface area contributed by atoms with Crippen molar-refractivity contribution >= 4 is 23.5 Å². The number of rotatable bonds is 2. The van der Waals surface area contributed by atoms with E-state index in [1.165, 1.54) is 6.07 Å². The first kappa shape index (κ1) is 14.4. The first-order valence-corrected chi connectivity index (χ1v) is 6.69. The topological polar surface area (TPSA) is 57.6 Å². The lowest BCUT2D eigenvalue weighted by Gasteiger charge is -2.30. The Morgan fingerprint density at radius 3 is 2.80 bits per heavy atom. The van der Waals surface area contributed by atoms with Crippen molar-refractivity contribution in [2.24, 2.45) is 5.92 Å². The monoisotopic (exact) mass is 291 g/mol. The molecule has 0 spiro atoms. The van der Waals surface area contributed by atoms with Gasteiger partial charge in [-0.25, -0.2) is 0 Å². The lowest BCUT2D eigenvalue weighted by atomic mass is 9.97. The van der Waals surface area contributed by atoms with Gasteiger partial charge in [-0.15, -0.1) is 6.42 Å². The lowest BCUT2D eigenvalue weighted by Crippen LogP contribution is -2.42. The van der Waals surface area contributed by atoms with E-state index in [1.807, 2.05) is 0 Å². The fraction of sp³-hybridized carbons (Fsp3) is 0.333. The van der Waals surface area contributed by atoms with Gasteiger partial charge in [-0.3, -0.25) is 9.59 Å². The predicted molar refractivity (Wildman–Crippen MR) is 75.7 cm³/mol. The molecule has 1 heterocycles. The molecule has 0 saturated carbocycles. The minimum absolute atomic E-state index is 0.207. The molecule has 1 atom stereocenters. The van der Waals surface area contributed by atoms with Gasteiger partial charge < -0.3 is 10.0 Å². The molecule has 1 aliphatic heterocycles. The molecule has 5 heteroatoms. The molecule has 20 heavy (non-hydrogen) atoms. The number of aliphatic carboxylic acids is 1. The van der Waals surface area contributed by atoms with Crippen LogP contribution in [0.2, 0.25) is 5.02 Å². The summed E-state index contributed by atoms with van der Waals surface area (Å²) in [4.78, 5) is 24.9. The molecule has 2 rings (SSSR count). The summed E-state index contributed by atoms with van der Waals surface area (Å²) in [6, 6.07) is 4.77. The van der Waals surface area contributed by atoms with E-state index in [0.29, 0.717) is 35.5 Å². The number of likely N-dealkylation sites (tertiary alicyclic amines) is 1. The van der Waals surface area contributed by atoms with E-state index >= 15 is 0 Å². The second-order valence-electron chi connectivity index (χ2n) is 4.77. The van der Waals surface area contributed by atoms with Crippen molar-refractivity contribution in [1.82, 2.24) is 4.90 Å². The van der Waals surface area contributed by atoms with Crippen molar-refractivity contribution in [2.75, 3.05) is 13.1 Å². The maximum absolute atomic E-state index is 12.3. The summed E-state index contributed by atoms with van der Waals surface area (Å²) in [6.45, 7) is 0.805. The van der Waals surface area contributed by atoms with Crippen LogP contribution >= 0.6 is 11.6 Å². The number of carboxylic acids is 1. The number of piperidine rings is 1. The van der Waals surface area contributed by atoms with Crippen LogP contribution in [-0.4, -0.2) is 35.0 Å². The van der Waals surface area contributed by atoms with E-state index in [4.69, 9.17) is 23.1 Å². The van der Waals surface area contributed by atoms with Crippen molar-refractivity contribution in [1.29, 1.82) is 0 Å². The summed E-state index contributed by atoms with van der Waals surface area (Å²) in [5.41, 5.74) is 0.963. The second kappa shape index (κ2) is 5.98. The largest absolute Gasteiger partial charge is 0.481 e. The van der Waals surface area contributed by atoms with Crippen LogP contribution in [0.1, 0.15) is 28.8 Å². The van der Waals surface area contributed by atoms with Crippen LogP contribution in [0.25, 0.3) is 0 Å². The van der Waals surface area contributed by atoms with Gasteiger partial charge >= 0.3 is 5.97 Å². The Morgan fingerprint density at radius 2 is 2.20 bits per heavy atom. The Morgan fingerprint density at radius 1 is 1.45 bits per heavy atom. The number of terminal acetylenes is 1. The van der Waals surface area contributed by atoms with Crippen LogP contribution in [0.5, 0.6) is 0 Å². The Bertz CT molecular complexity index is 591. The number of hydrogen-bond acceptors (Lipinski definition) is 2. The van der Waals surface area contributed by atoms with E-state index in [2.05, 4.69) is 5.92 Å². The molecule has 1 fully saturated rings. The Hall–Kier alpha value is -1.99. The molecule has 0 bridgehead atoms. The van der Waals surface area contributed by atoms with Gasteiger partial charge in [0.1, 0.15) is 0 Å². The smallest absolute Gasteiger partial charge is 0.308 e. The molecule has 1 amide bonds. The highest BCUT2D eigenvalue weighted by Gasteiger charge is 2.28. The van der Waals surface area contributed by atoms with Gasteiger partial charge in [0.15, 0.2) is 0 Å². The Kier molecular flexibility index (Phi) is 4.31. The molecule has 0 aromatic heterocycles. The number of carbonyl (C=O) groups is 2. The second-order valence-corrected chi connectivity index (χ2v) is 5.17. The first-order valence-electron chi connectivity index (χ1n) is 6.31. The van der Waals surface area contributed by atoms with Crippen LogP contribution < -0.4 is 0 Å². The molecule has 4 nitrogen and oxygen atoms in total. The van der Waals surface area contributed by atoms with Crippen molar-refractivity contribution < 1.29 is 14.7 Å². The zero-order chi connectivity index (χ0) is 14.7. The van der Waals surface area contributed by atoms with Gasteiger partial charge in [-0.1, -0.05) is 17.5 Å². The number of carbonyl (C=O) groups excluding carboxylic acids is 1. The molecule has 104 valence electrons. The Balaban J connectivity index is 2.17. The van der Waals surface area contributed by atoms with Gasteiger partial charge in [0.2, 0.25) is 0 Å². The number of hydrogen-bond donors (Lipinski definition) is 1. The van der Waals surface area contributed by atoms with Crippen molar-refractivity contribution in [3.63, 3.8) is 0 Å². The van der Waals surface area contributed by atoms with E-state index in [-0.39, 0.29) is 12.5 Å². The average Bonchev–Trinajstić information content (AvgIpc) is 2.46. The molecule has 1 aromatic rings.